The number of nitrogens with one attached hydrogen (secondary N) is 1. The van der Waals surface area contributed by atoms with Crippen LogP contribution in [0.1, 0.15) is 92.9 Å². The Bertz CT molecular complexity index is 4020. The van der Waals surface area contributed by atoms with Gasteiger partial charge in [0.1, 0.15) is 13.2 Å². The maximum atomic E-state index is 13.3. The van der Waals surface area contributed by atoms with Crippen molar-refractivity contribution >= 4 is 69.9 Å². The van der Waals surface area contributed by atoms with Gasteiger partial charge in [0.15, 0.2) is 0 Å². The maximum Gasteiger partial charge on any atom is 0.416 e. The maximum absolute atomic E-state index is 13.3. The number of carbonyl (C=O) groups excluding carboxylic acids is 8. The number of esters is 6. The number of benzene rings is 8. The zero-order valence-electron chi connectivity index (χ0n) is 53.6. The van der Waals surface area contributed by atoms with E-state index in [1.54, 1.807) is 174 Å². The number of hydrogen-bond donors (Lipinski definition) is 2. The Morgan fingerprint density at radius 1 is 0.412 bits per heavy atom. The number of alkyl halides is 6. The first-order valence-corrected chi connectivity index (χ1v) is 30.6. The van der Waals surface area contributed by atoms with E-state index < -0.39 is 94.5 Å². The molecule has 0 aliphatic heterocycles. The summed E-state index contributed by atoms with van der Waals surface area (Å²) in [5, 5.41) is 2.18. The summed E-state index contributed by atoms with van der Waals surface area (Å²) in [6.45, 7) is 8.96. The Morgan fingerprint density at radius 3 is 1.12 bits per heavy atom. The lowest BCUT2D eigenvalue weighted by molar-refractivity contribution is -0.172. The molecule has 0 aromatic heterocycles. The highest BCUT2D eigenvalue weighted by Gasteiger charge is 2.53. The molecule has 0 unspecified atom stereocenters. The molecule has 8 aromatic rings. The van der Waals surface area contributed by atoms with Crippen LogP contribution in [-0.4, -0.2) is 86.6 Å². The predicted octanol–water partition coefficient (Wildman–Crippen LogP) is 14.6. The van der Waals surface area contributed by atoms with Crippen LogP contribution in [-0.2, 0) is 93.2 Å². The number of ether oxygens (including phenoxy) is 6. The minimum atomic E-state index is -4.48. The minimum absolute atomic E-state index is 0.0103. The second-order valence-corrected chi connectivity index (χ2v) is 21.8. The van der Waals surface area contributed by atoms with E-state index in [4.69, 9.17) is 45.8 Å². The molecule has 0 radical (unpaired) electrons. The molecule has 0 aliphatic carbocycles. The lowest BCUT2D eigenvalue weighted by Gasteiger charge is -2.29. The minimum Gasteiger partial charge on any atom is -0.465 e. The second-order valence-electron chi connectivity index (χ2n) is 21.4. The molecule has 0 bridgehead atoms. The summed E-state index contributed by atoms with van der Waals surface area (Å²) in [5.41, 5.74) is 7.19. The van der Waals surface area contributed by atoms with Gasteiger partial charge in [-0.25, -0.2) is 0 Å². The van der Waals surface area contributed by atoms with Gasteiger partial charge in [0.05, 0.1) is 50.4 Å². The van der Waals surface area contributed by atoms with Gasteiger partial charge in [-0.1, -0.05) is 146 Å². The number of carbonyl (C=O) groups is 8. The molecule has 0 aliphatic rings. The first kappa shape index (κ1) is 75.4. The lowest BCUT2D eigenvalue weighted by Crippen LogP contribution is -2.50. The summed E-state index contributed by atoms with van der Waals surface area (Å²) in [4.78, 5) is 102. The third-order valence-electron chi connectivity index (χ3n) is 14.9. The summed E-state index contributed by atoms with van der Waals surface area (Å²) < 4.78 is 108. The molecule has 8 aromatic carbocycles. The molecule has 0 atom stereocenters. The molecular formula is C74H69ClF6N2O14. The molecular weight excluding hydrogens is 1290 g/mol. The summed E-state index contributed by atoms with van der Waals surface area (Å²) in [7, 11) is 0. The number of anilines is 2. The Labute approximate surface area is 560 Å². The fourth-order valence-electron chi connectivity index (χ4n) is 9.85. The summed E-state index contributed by atoms with van der Waals surface area (Å²) in [6, 6.07) is 48.8. The number of halogens is 7. The van der Waals surface area contributed by atoms with Gasteiger partial charge in [0.25, 0.3) is 11.1 Å². The first-order valence-electron chi connectivity index (χ1n) is 30.2. The van der Waals surface area contributed by atoms with Crippen LogP contribution in [0.15, 0.2) is 194 Å². The monoisotopic (exact) mass is 1360 g/mol. The molecule has 0 fully saturated rings. The SMILES string of the molecule is CCOC(=O)C(COC(=O)Cc1ccc(N)c(C)c1)(C(=O)OCC)c1ccccc1.CCOC(=O)C(COC(=O)Cc1ccc(NC(=O)c2ccccc2-c2ccc(C(F)(F)F)cc2)c(C)c1)(C(=O)OCC)c1ccccc1.O=C(Cl)c1ccccc1-c1ccc(C(F)(F)F)cc1. The van der Waals surface area contributed by atoms with Crippen molar-refractivity contribution in [3.8, 4) is 22.3 Å². The van der Waals surface area contributed by atoms with Crippen LogP contribution >= 0.6 is 11.6 Å². The molecule has 16 nitrogen and oxygen atoms in total. The zero-order chi connectivity index (χ0) is 71.1. The van der Waals surface area contributed by atoms with Crippen LogP contribution in [0.25, 0.3) is 22.3 Å². The Hall–Kier alpha value is -10.6. The lowest BCUT2D eigenvalue weighted by atomic mass is 9.81. The van der Waals surface area contributed by atoms with Crippen LogP contribution in [0.5, 0.6) is 0 Å². The molecule has 3 N–H and O–H groups in total. The van der Waals surface area contributed by atoms with Crippen LogP contribution in [0.2, 0.25) is 0 Å². The molecule has 0 heterocycles. The van der Waals surface area contributed by atoms with E-state index in [2.05, 4.69) is 5.32 Å². The van der Waals surface area contributed by atoms with Gasteiger partial charge in [0, 0.05) is 22.5 Å². The Balaban J connectivity index is 0.000000256. The Morgan fingerprint density at radius 2 is 0.763 bits per heavy atom. The number of hydrogen-bond acceptors (Lipinski definition) is 15. The van der Waals surface area contributed by atoms with Crippen molar-refractivity contribution in [3.05, 3.63) is 250 Å². The van der Waals surface area contributed by atoms with Crippen molar-refractivity contribution in [1.82, 2.24) is 0 Å². The quantitative estimate of drug-likeness (QED) is 0.0151. The summed E-state index contributed by atoms with van der Waals surface area (Å²) >= 11 is 5.44. The normalized spacial score (nSPS) is 11.2. The van der Waals surface area contributed by atoms with Crippen LogP contribution in [0, 0.1) is 13.8 Å². The number of nitrogen functional groups attached to an aromatic ring is 1. The largest absolute Gasteiger partial charge is 0.465 e. The molecule has 0 saturated heterocycles. The molecule has 0 spiro atoms. The smallest absolute Gasteiger partial charge is 0.416 e. The summed E-state index contributed by atoms with van der Waals surface area (Å²) in [5.74, 6) is -5.25. The van der Waals surface area contributed by atoms with Gasteiger partial charge in [-0.05, 0) is 157 Å². The number of nitrogens with two attached hydrogens (primary N) is 1. The number of rotatable bonds is 23. The van der Waals surface area contributed by atoms with Crippen LogP contribution < -0.4 is 11.1 Å². The molecule has 97 heavy (non-hydrogen) atoms. The first-order chi connectivity index (χ1) is 46.1. The molecule has 8 rings (SSSR count). The van der Waals surface area contributed by atoms with E-state index in [0.717, 1.165) is 29.8 Å². The number of aryl methyl sites for hydroxylation is 2. The highest BCUT2D eigenvalue weighted by atomic mass is 35.5. The molecule has 1 amide bonds. The van der Waals surface area contributed by atoms with Crippen molar-refractivity contribution in [1.29, 1.82) is 0 Å². The van der Waals surface area contributed by atoms with E-state index in [0.29, 0.717) is 55.9 Å². The summed E-state index contributed by atoms with van der Waals surface area (Å²) in [6.07, 6.45) is -9.09. The average molecular weight is 1360 g/mol. The average Bonchev–Trinajstić information content (AvgIpc) is 0.785. The molecule has 23 heteroatoms. The van der Waals surface area contributed by atoms with Gasteiger partial charge in [0.2, 0.25) is 10.8 Å². The topological polar surface area (TPSA) is 230 Å². The van der Waals surface area contributed by atoms with E-state index in [1.165, 1.54) is 30.3 Å². The zero-order valence-corrected chi connectivity index (χ0v) is 54.3. The molecule has 508 valence electrons. The van der Waals surface area contributed by atoms with Crippen molar-refractivity contribution in [2.24, 2.45) is 0 Å². The predicted molar refractivity (Wildman–Crippen MR) is 351 cm³/mol. The highest BCUT2D eigenvalue weighted by molar-refractivity contribution is 6.68. The fraction of sp³-hybridized carbons (Fsp3) is 0.243. The van der Waals surface area contributed by atoms with Crippen LogP contribution in [0.3, 0.4) is 0 Å². The second kappa shape index (κ2) is 34.7. The molecule has 0 saturated carbocycles. The van der Waals surface area contributed by atoms with Crippen molar-refractivity contribution in [3.63, 3.8) is 0 Å². The van der Waals surface area contributed by atoms with Gasteiger partial charge in [-0.2, -0.15) is 26.3 Å². The standard InChI is InChI=1S/C37H34F3NO7.C23H27NO6.C14H8ClF3O/c1-4-46-34(44)36(35(45)47-5-2,27-11-7-6-8-12-27)23-48-32(42)22-25-15-20-31(24(3)21-25)41-33(43)30-14-10-9-13-29(30)26-16-18-28(19-17-26)37(38,39)40;1-4-28-21(26)23(22(27)29-5-2,18-9-7-6-8-10-18)15-30-20(25)14-17-11-12-19(24)16(3)13-17;15-13(19)12-4-2-1-3-11(12)9-5-7-10(8-6-9)14(16,17)18/h6-21H,4-5,22-23H2,1-3H3,(H,41,43);6-13H,4-5,14-15,24H2,1-3H3;1-8H. The van der Waals surface area contributed by atoms with Gasteiger partial charge in [-0.3, -0.25) is 38.4 Å². The van der Waals surface area contributed by atoms with Crippen LogP contribution in [0.4, 0.5) is 37.7 Å². The van der Waals surface area contributed by atoms with Gasteiger partial charge < -0.3 is 39.5 Å². The third kappa shape index (κ3) is 19.8. The van der Waals surface area contributed by atoms with Crippen molar-refractivity contribution in [2.75, 3.05) is 50.7 Å². The third-order valence-corrected chi connectivity index (χ3v) is 15.1. The van der Waals surface area contributed by atoms with E-state index in [9.17, 15) is 64.7 Å². The van der Waals surface area contributed by atoms with Crippen molar-refractivity contribution in [2.45, 2.75) is 77.6 Å². The van der Waals surface area contributed by atoms with Crippen molar-refractivity contribution < 1.29 is 93.1 Å². The van der Waals surface area contributed by atoms with E-state index >= 15 is 0 Å². The van der Waals surface area contributed by atoms with E-state index in [-0.39, 0.29) is 56.0 Å². The van der Waals surface area contributed by atoms with Gasteiger partial charge in [-0.15, -0.1) is 0 Å². The number of amides is 1. The fourth-order valence-corrected chi connectivity index (χ4v) is 10.0. The Kier molecular flexibility index (Phi) is 27.0. The highest BCUT2D eigenvalue weighted by Crippen LogP contribution is 2.36. The van der Waals surface area contributed by atoms with E-state index in [1.807, 2.05) is 6.92 Å². The van der Waals surface area contributed by atoms with Gasteiger partial charge >= 0.3 is 48.2 Å².